The first-order valence-electron chi connectivity index (χ1n) is 4.41. The van der Waals surface area contributed by atoms with Gasteiger partial charge in [0.25, 0.3) is 0 Å². The topological polar surface area (TPSA) is 120 Å². The molecule has 100 valence electrons. The van der Waals surface area contributed by atoms with Crippen LogP contribution in [0.25, 0.3) is 0 Å². The molecule has 0 heterocycles. The van der Waals surface area contributed by atoms with Gasteiger partial charge in [0, 0.05) is 17.9 Å². The van der Waals surface area contributed by atoms with Crippen LogP contribution in [0.2, 0.25) is 0 Å². The van der Waals surface area contributed by atoms with Gasteiger partial charge in [-0.15, -0.1) is 0 Å². The Labute approximate surface area is 124 Å². The molecule has 0 atom stereocenters. The molecular weight excluding hydrogens is 373 g/mol. The van der Waals surface area contributed by atoms with Crippen molar-refractivity contribution in [2.24, 2.45) is 0 Å². The normalized spacial score (nSPS) is 6.94. The first kappa shape index (κ1) is 24.7. The molecule has 16 heavy (non-hydrogen) atoms. The maximum atomic E-state index is 9.26. The molecule has 0 aromatic rings. The third-order valence-electron chi connectivity index (χ3n) is 0.866. The summed E-state index contributed by atoms with van der Waals surface area (Å²) in [4.78, 5) is 27.8. The molecule has 0 N–H and O–H groups in total. The molecule has 0 bridgehead atoms. The molecule has 0 aliphatic rings. The van der Waals surface area contributed by atoms with Crippen molar-refractivity contribution in [2.45, 2.75) is 40.0 Å². The maximum Gasteiger partial charge on any atom is 3.00 e. The first-order valence-corrected chi connectivity index (χ1v) is 4.41. The average molecular weight is 388 g/mol. The van der Waals surface area contributed by atoms with Crippen molar-refractivity contribution in [1.82, 2.24) is 0 Å². The Hall–Kier alpha value is -0.356. The van der Waals surface area contributed by atoms with Gasteiger partial charge >= 0.3 is 36.9 Å². The Morgan fingerprint density at radius 3 is 0.750 bits per heavy atom. The van der Waals surface area contributed by atoms with E-state index in [-0.39, 0.29) is 56.1 Å². The van der Waals surface area contributed by atoms with Crippen molar-refractivity contribution >= 4 is 17.9 Å². The van der Waals surface area contributed by atoms with Crippen LogP contribution in [0, 0.1) is 36.9 Å². The van der Waals surface area contributed by atoms with Gasteiger partial charge in [-0.3, -0.25) is 0 Å². The molecule has 0 aromatic heterocycles. The molecule has 0 spiro atoms. The van der Waals surface area contributed by atoms with Gasteiger partial charge in [0.2, 0.25) is 0 Å². The second kappa shape index (κ2) is 20.1. The number of carbonyl (C=O) groups excluding carboxylic acids is 3. The molecule has 0 aromatic carbocycles. The van der Waals surface area contributed by atoms with E-state index in [2.05, 4.69) is 0 Å². The zero-order chi connectivity index (χ0) is 12.9. The Balaban J connectivity index is -0.0000000655. The molecule has 0 saturated heterocycles. The SMILES string of the molecule is CCC(=O)[O-].CCC(=O)[O-].CCC(=O)[O-].[Tm+3]. The van der Waals surface area contributed by atoms with Gasteiger partial charge in [-0.1, -0.05) is 20.8 Å². The van der Waals surface area contributed by atoms with Crippen LogP contribution in [0.15, 0.2) is 0 Å². The van der Waals surface area contributed by atoms with Crippen LogP contribution in [0.5, 0.6) is 0 Å². The fraction of sp³-hybridized carbons (Fsp3) is 0.667. The van der Waals surface area contributed by atoms with Gasteiger partial charge in [-0.05, 0) is 19.3 Å². The van der Waals surface area contributed by atoms with Crippen molar-refractivity contribution in [1.29, 1.82) is 0 Å². The van der Waals surface area contributed by atoms with Crippen LogP contribution in [-0.4, -0.2) is 17.9 Å². The Kier molecular flexibility index (Phi) is 31.1. The molecule has 0 aliphatic carbocycles. The summed E-state index contributed by atoms with van der Waals surface area (Å²) in [6.45, 7) is 4.61. The smallest absolute Gasteiger partial charge is 0.550 e. The molecule has 6 nitrogen and oxygen atoms in total. The minimum Gasteiger partial charge on any atom is -0.550 e. The second-order valence-corrected chi connectivity index (χ2v) is 2.18. The van der Waals surface area contributed by atoms with E-state index in [1.165, 1.54) is 20.8 Å². The molecule has 7 heteroatoms. The molecule has 0 saturated carbocycles. The summed E-state index contributed by atoms with van der Waals surface area (Å²) >= 11 is 0. The van der Waals surface area contributed by atoms with Gasteiger partial charge in [0.05, 0.1) is 0 Å². The summed E-state index contributed by atoms with van der Waals surface area (Å²) < 4.78 is 0. The van der Waals surface area contributed by atoms with Crippen LogP contribution < -0.4 is 15.3 Å². The van der Waals surface area contributed by atoms with Crippen molar-refractivity contribution < 1.29 is 66.6 Å². The summed E-state index contributed by atoms with van der Waals surface area (Å²) in [5.74, 6) is -2.99. The predicted molar refractivity (Wildman–Crippen MR) is 45.9 cm³/mol. The van der Waals surface area contributed by atoms with E-state index in [0.29, 0.717) is 0 Å². The minimum absolute atomic E-state index is 0. The number of hydrogen-bond acceptors (Lipinski definition) is 6. The van der Waals surface area contributed by atoms with Crippen LogP contribution in [0.3, 0.4) is 0 Å². The van der Waals surface area contributed by atoms with Crippen molar-refractivity contribution in [3.05, 3.63) is 0 Å². The fourth-order valence-electron chi connectivity index (χ4n) is 0. The Morgan fingerprint density at radius 2 is 0.750 bits per heavy atom. The number of aliphatic carboxylic acids is 3. The van der Waals surface area contributed by atoms with E-state index >= 15 is 0 Å². The van der Waals surface area contributed by atoms with Gasteiger partial charge < -0.3 is 29.7 Å². The van der Waals surface area contributed by atoms with Crippen molar-refractivity contribution in [3.63, 3.8) is 0 Å². The fourth-order valence-corrected chi connectivity index (χ4v) is 0. The molecule has 0 amide bonds. The van der Waals surface area contributed by atoms with Gasteiger partial charge in [0.1, 0.15) is 0 Å². The second-order valence-electron chi connectivity index (χ2n) is 2.18. The minimum atomic E-state index is -0.995. The van der Waals surface area contributed by atoms with E-state index < -0.39 is 17.9 Å². The van der Waals surface area contributed by atoms with Crippen LogP contribution >= 0.6 is 0 Å². The Bertz CT molecular complexity index is 159. The average Bonchev–Trinajstić information content (AvgIpc) is 2.19. The van der Waals surface area contributed by atoms with E-state index in [1.54, 1.807) is 0 Å². The summed E-state index contributed by atoms with van der Waals surface area (Å²) in [6.07, 6.45) is 0.333. The van der Waals surface area contributed by atoms with Crippen LogP contribution in [0.4, 0.5) is 0 Å². The predicted octanol–water partition coefficient (Wildman–Crippen LogP) is -2.56. The van der Waals surface area contributed by atoms with Crippen LogP contribution in [-0.2, 0) is 14.4 Å². The largest absolute Gasteiger partial charge is 3.00 e. The molecule has 0 aliphatic heterocycles. The monoisotopic (exact) mass is 388 g/mol. The summed E-state index contributed by atoms with van der Waals surface area (Å²) in [7, 11) is 0. The van der Waals surface area contributed by atoms with Crippen molar-refractivity contribution in [2.75, 3.05) is 0 Å². The summed E-state index contributed by atoms with van der Waals surface area (Å²) in [6, 6.07) is 0. The number of carboxylic acid groups (broad SMARTS) is 3. The quantitative estimate of drug-likeness (QED) is 0.525. The zero-order valence-electron chi connectivity index (χ0n) is 9.35. The van der Waals surface area contributed by atoms with Gasteiger partial charge in [0.15, 0.2) is 0 Å². The number of hydrogen-bond donors (Lipinski definition) is 0. The third-order valence-corrected chi connectivity index (χ3v) is 0.866. The van der Waals surface area contributed by atoms with Gasteiger partial charge in [-0.25, -0.2) is 0 Å². The summed E-state index contributed by atoms with van der Waals surface area (Å²) in [5, 5.41) is 27.8. The molecule has 0 radical (unpaired) electrons. The Morgan fingerprint density at radius 1 is 0.688 bits per heavy atom. The van der Waals surface area contributed by atoms with E-state index in [0.717, 1.165) is 0 Å². The van der Waals surface area contributed by atoms with Crippen LogP contribution in [0.1, 0.15) is 40.0 Å². The standard InChI is InChI=1S/3C3H6O2.Tm/c3*1-2-3(4)5;/h3*2H2,1H3,(H,4,5);/q;;;+3/p-3. The molecule has 0 unspecified atom stereocenters. The molecule has 0 rings (SSSR count). The van der Waals surface area contributed by atoms with Gasteiger partial charge in [-0.2, -0.15) is 0 Å². The van der Waals surface area contributed by atoms with Crippen molar-refractivity contribution in [3.8, 4) is 0 Å². The maximum absolute atomic E-state index is 9.26. The van der Waals surface area contributed by atoms with E-state index in [9.17, 15) is 29.7 Å². The third kappa shape index (κ3) is 68.5. The van der Waals surface area contributed by atoms with E-state index in [1.807, 2.05) is 0 Å². The number of carboxylic acids is 3. The molecule has 0 fully saturated rings. The number of carbonyl (C=O) groups is 3. The zero-order valence-corrected chi connectivity index (χ0v) is 11.1. The summed E-state index contributed by atoms with van der Waals surface area (Å²) in [5.41, 5.74) is 0. The number of rotatable bonds is 3. The van der Waals surface area contributed by atoms with E-state index in [4.69, 9.17) is 0 Å². The molecular formula is C9H15O6Tm. The first-order chi connectivity index (χ1) is 6.81.